The van der Waals surface area contributed by atoms with E-state index in [0.29, 0.717) is 13.2 Å². The molecule has 2 fully saturated rings. The minimum atomic E-state index is -0.605. The Morgan fingerprint density at radius 1 is 1.25 bits per heavy atom. The summed E-state index contributed by atoms with van der Waals surface area (Å²) in [4.78, 5) is 0. The average Bonchev–Trinajstić information content (AvgIpc) is 2.55. The third-order valence-corrected chi connectivity index (χ3v) is 4.69. The lowest BCUT2D eigenvalue weighted by atomic mass is 9.66. The molecule has 1 saturated heterocycles. The predicted molar refractivity (Wildman–Crippen MR) is 64.1 cm³/mol. The number of hydrogen-bond donors (Lipinski definition) is 2. The Morgan fingerprint density at radius 2 is 2.00 bits per heavy atom. The van der Waals surface area contributed by atoms with Crippen molar-refractivity contribution in [2.75, 3.05) is 19.8 Å². The second-order valence-corrected chi connectivity index (χ2v) is 6.51. The van der Waals surface area contributed by atoms with Crippen LogP contribution in [-0.4, -0.2) is 30.5 Å². The van der Waals surface area contributed by atoms with E-state index in [1.807, 2.05) is 0 Å². The average molecular weight is 227 g/mol. The Labute approximate surface area is 98.4 Å². The molecule has 3 N–H and O–H groups in total. The maximum Gasteiger partial charge on any atom is 0.0743 e. The van der Waals surface area contributed by atoms with Gasteiger partial charge in [0.2, 0.25) is 0 Å². The van der Waals surface area contributed by atoms with Crippen molar-refractivity contribution in [1.82, 2.24) is 0 Å². The molecule has 1 heterocycles. The molecule has 2 rings (SSSR count). The first-order valence-electron chi connectivity index (χ1n) is 6.43. The number of rotatable bonds is 2. The predicted octanol–water partition coefficient (Wildman–Crippen LogP) is 1.68. The lowest BCUT2D eigenvalue weighted by Gasteiger charge is -2.47. The van der Waals surface area contributed by atoms with Crippen LogP contribution in [0.15, 0.2) is 0 Å². The standard InChI is InChI=1S/C13H25NO2/c1-11(2)5-6-13(15,8-11)12(9-14)4-3-7-16-10-12/h15H,3-10,14H2,1-2H3. The summed E-state index contributed by atoms with van der Waals surface area (Å²) in [6, 6.07) is 0. The van der Waals surface area contributed by atoms with Crippen molar-refractivity contribution >= 4 is 0 Å². The largest absolute Gasteiger partial charge is 0.389 e. The van der Waals surface area contributed by atoms with Crippen LogP contribution in [0, 0.1) is 10.8 Å². The molecule has 0 radical (unpaired) electrons. The van der Waals surface area contributed by atoms with Gasteiger partial charge in [0.05, 0.1) is 12.2 Å². The molecule has 1 saturated carbocycles. The SMILES string of the molecule is CC1(C)CCC(O)(C2(CN)CCCOC2)C1. The van der Waals surface area contributed by atoms with Crippen molar-refractivity contribution in [2.45, 2.75) is 51.6 Å². The van der Waals surface area contributed by atoms with Gasteiger partial charge >= 0.3 is 0 Å². The second-order valence-electron chi connectivity index (χ2n) is 6.51. The first-order chi connectivity index (χ1) is 7.43. The molecule has 2 aliphatic rings. The van der Waals surface area contributed by atoms with E-state index < -0.39 is 5.60 Å². The minimum absolute atomic E-state index is 0.195. The summed E-state index contributed by atoms with van der Waals surface area (Å²) in [5, 5.41) is 10.9. The van der Waals surface area contributed by atoms with Gasteiger partial charge in [-0.25, -0.2) is 0 Å². The Hall–Kier alpha value is -0.120. The number of hydrogen-bond acceptors (Lipinski definition) is 3. The maximum atomic E-state index is 10.9. The Bertz CT molecular complexity index is 259. The molecule has 0 spiro atoms. The summed E-state index contributed by atoms with van der Waals surface area (Å²) in [5.74, 6) is 0. The van der Waals surface area contributed by atoms with Crippen LogP contribution in [0.3, 0.4) is 0 Å². The molecule has 94 valence electrons. The van der Waals surface area contributed by atoms with Crippen molar-refractivity contribution in [3.05, 3.63) is 0 Å². The highest BCUT2D eigenvalue weighted by Crippen LogP contribution is 2.53. The molecule has 1 aliphatic heterocycles. The summed E-state index contributed by atoms with van der Waals surface area (Å²) >= 11 is 0. The third-order valence-electron chi connectivity index (χ3n) is 4.69. The zero-order chi connectivity index (χ0) is 11.9. The molecule has 0 aromatic carbocycles. The fourth-order valence-corrected chi connectivity index (χ4v) is 3.54. The van der Waals surface area contributed by atoms with Gasteiger partial charge in [-0.05, 0) is 37.5 Å². The van der Waals surface area contributed by atoms with Gasteiger partial charge in [-0.3, -0.25) is 0 Å². The summed E-state index contributed by atoms with van der Waals surface area (Å²) in [6.45, 7) is 6.47. The normalized spacial score (nSPS) is 43.5. The van der Waals surface area contributed by atoms with E-state index in [9.17, 15) is 5.11 Å². The molecule has 3 nitrogen and oxygen atoms in total. The van der Waals surface area contributed by atoms with E-state index in [-0.39, 0.29) is 10.8 Å². The summed E-state index contributed by atoms with van der Waals surface area (Å²) in [5.41, 5.74) is 5.40. The van der Waals surface area contributed by atoms with Crippen molar-refractivity contribution in [3.8, 4) is 0 Å². The molecular formula is C13H25NO2. The molecule has 2 unspecified atom stereocenters. The van der Waals surface area contributed by atoms with Crippen molar-refractivity contribution in [1.29, 1.82) is 0 Å². The smallest absolute Gasteiger partial charge is 0.0743 e. The summed E-state index contributed by atoms with van der Waals surface area (Å²) < 4.78 is 5.58. The van der Waals surface area contributed by atoms with Gasteiger partial charge in [-0.1, -0.05) is 13.8 Å². The highest BCUT2D eigenvalue weighted by molar-refractivity contribution is 5.07. The zero-order valence-electron chi connectivity index (χ0n) is 10.6. The summed E-state index contributed by atoms with van der Waals surface area (Å²) in [6.07, 6.45) is 4.86. The van der Waals surface area contributed by atoms with Crippen LogP contribution in [-0.2, 0) is 4.74 Å². The Morgan fingerprint density at radius 3 is 2.44 bits per heavy atom. The first kappa shape index (κ1) is 12.3. The van der Waals surface area contributed by atoms with Crippen molar-refractivity contribution < 1.29 is 9.84 Å². The Kier molecular flexibility index (Phi) is 3.06. The van der Waals surface area contributed by atoms with Gasteiger partial charge in [-0.15, -0.1) is 0 Å². The van der Waals surface area contributed by atoms with Crippen LogP contribution in [0.2, 0.25) is 0 Å². The van der Waals surface area contributed by atoms with Crippen LogP contribution in [0.4, 0.5) is 0 Å². The van der Waals surface area contributed by atoms with E-state index in [0.717, 1.165) is 38.7 Å². The highest BCUT2D eigenvalue weighted by atomic mass is 16.5. The molecule has 2 atom stereocenters. The number of ether oxygens (including phenoxy) is 1. The van der Waals surface area contributed by atoms with Gasteiger partial charge in [0, 0.05) is 18.6 Å². The molecule has 16 heavy (non-hydrogen) atoms. The van der Waals surface area contributed by atoms with Crippen LogP contribution in [0.1, 0.15) is 46.0 Å². The quantitative estimate of drug-likeness (QED) is 0.754. The number of nitrogens with two attached hydrogens (primary N) is 1. The van der Waals surface area contributed by atoms with E-state index >= 15 is 0 Å². The van der Waals surface area contributed by atoms with Gasteiger partial charge in [0.25, 0.3) is 0 Å². The van der Waals surface area contributed by atoms with Crippen molar-refractivity contribution in [3.63, 3.8) is 0 Å². The molecular weight excluding hydrogens is 202 g/mol. The highest BCUT2D eigenvalue weighted by Gasteiger charge is 2.55. The van der Waals surface area contributed by atoms with Crippen LogP contribution in [0.25, 0.3) is 0 Å². The monoisotopic (exact) mass is 227 g/mol. The van der Waals surface area contributed by atoms with E-state index in [4.69, 9.17) is 10.5 Å². The Balaban J connectivity index is 2.20. The number of aliphatic hydroxyl groups is 1. The lowest BCUT2D eigenvalue weighted by molar-refractivity contribution is -0.143. The van der Waals surface area contributed by atoms with Crippen LogP contribution in [0.5, 0.6) is 0 Å². The second kappa shape index (κ2) is 3.97. The lowest BCUT2D eigenvalue weighted by Crippen LogP contribution is -2.56. The zero-order valence-corrected chi connectivity index (χ0v) is 10.6. The van der Waals surface area contributed by atoms with Gasteiger partial charge in [0.15, 0.2) is 0 Å². The van der Waals surface area contributed by atoms with Gasteiger partial charge in [0.1, 0.15) is 0 Å². The van der Waals surface area contributed by atoms with E-state index in [1.165, 1.54) is 0 Å². The summed E-state index contributed by atoms with van der Waals surface area (Å²) in [7, 11) is 0. The molecule has 3 heteroatoms. The fraction of sp³-hybridized carbons (Fsp3) is 1.00. The molecule has 0 aromatic heterocycles. The fourth-order valence-electron chi connectivity index (χ4n) is 3.54. The minimum Gasteiger partial charge on any atom is -0.389 e. The molecule has 0 aromatic rings. The molecule has 1 aliphatic carbocycles. The van der Waals surface area contributed by atoms with Crippen LogP contribution < -0.4 is 5.73 Å². The molecule has 0 amide bonds. The third kappa shape index (κ3) is 1.89. The topological polar surface area (TPSA) is 55.5 Å². The molecule has 0 bridgehead atoms. The maximum absolute atomic E-state index is 10.9. The van der Waals surface area contributed by atoms with Crippen molar-refractivity contribution in [2.24, 2.45) is 16.6 Å². The van der Waals surface area contributed by atoms with E-state index in [1.54, 1.807) is 0 Å². The van der Waals surface area contributed by atoms with Gasteiger partial charge in [-0.2, -0.15) is 0 Å². The van der Waals surface area contributed by atoms with Gasteiger partial charge < -0.3 is 15.6 Å². The van der Waals surface area contributed by atoms with Crippen LogP contribution >= 0.6 is 0 Å². The van der Waals surface area contributed by atoms with E-state index in [2.05, 4.69) is 13.8 Å². The first-order valence-corrected chi connectivity index (χ1v) is 6.43.